The molecule has 0 saturated heterocycles. The van der Waals surface area contributed by atoms with Crippen molar-refractivity contribution in [3.05, 3.63) is 108 Å². The van der Waals surface area contributed by atoms with Crippen LogP contribution >= 0.6 is 11.8 Å². The second-order valence-electron chi connectivity index (χ2n) is 6.07. The predicted octanol–water partition coefficient (Wildman–Crippen LogP) is 6.06. The van der Waals surface area contributed by atoms with Gasteiger partial charge in [0.15, 0.2) is 5.12 Å². The van der Waals surface area contributed by atoms with Gasteiger partial charge in [0.05, 0.1) is 0 Å². The van der Waals surface area contributed by atoms with Gasteiger partial charge in [-0.2, -0.15) is 0 Å². The first-order valence-corrected chi connectivity index (χ1v) is 9.58. The molecule has 1 nitrogen and oxygen atoms in total. The molecule has 3 rings (SSSR count). The van der Waals surface area contributed by atoms with Crippen LogP contribution in [0.4, 0.5) is 0 Å². The van der Waals surface area contributed by atoms with Gasteiger partial charge >= 0.3 is 0 Å². The molecule has 1 aliphatic rings. The minimum Gasteiger partial charge on any atom is -0.288 e. The smallest absolute Gasteiger partial charge is 0.186 e. The highest BCUT2D eigenvalue weighted by Gasteiger charge is 2.12. The summed E-state index contributed by atoms with van der Waals surface area (Å²) in [7, 11) is 0. The molecule has 0 amide bonds. The summed E-state index contributed by atoms with van der Waals surface area (Å²) in [6, 6.07) is 16.8. The van der Waals surface area contributed by atoms with Crippen molar-refractivity contribution in [1.82, 2.24) is 0 Å². The van der Waals surface area contributed by atoms with Crippen molar-refractivity contribution < 1.29 is 4.79 Å². The lowest BCUT2D eigenvalue weighted by molar-refractivity contribution is -0.109. The van der Waals surface area contributed by atoms with Crippen molar-refractivity contribution in [2.75, 3.05) is 0 Å². The maximum Gasteiger partial charge on any atom is 0.186 e. The molecule has 129 valence electrons. The summed E-state index contributed by atoms with van der Waals surface area (Å²) in [6.07, 6.45) is 16.7. The van der Waals surface area contributed by atoms with E-state index in [0.29, 0.717) is 0 Å². The van der Waals surface area contributed by atoms with E-state index >= 15 is 0 Å². The summed E-state index contributed by atoms with van der Waals surface area (Å²) in [5.41, 5.74) is 4.69. The monoisotopic (exact) mass is 357 g/mol. The molecule has 2 aromatic rings. The van der Waals surface area contributed by atoms with E-state index in [1.807, 2.05) is 12.8 Å². The standard InChI is InChI=1S/C24H21OS/c1-19(25)26-18-24-16-14-23(15-17-24)13-12-22-10-8-21(9-11-22)7-6-20-4-2-3-5-20/h2-17H,18H2,1H3/b7-6+,13-12+. The van der Waals surface area contributed by atoms with Gasteiger partial charge in [0.1, 0.15) is 0 Å². The molecule has 1 aliphatic carbocycles. The lowest BCUT2D eigenvalue weighted by Gasteiger charge is -2.01. The van der Waals surface area contributed by atoms with E-state index in [0.717, 1.165) is 11.3 Å². The molecule has 2 heteroatoms. The van der Waals surface area contributed by atoms with Crippen molar-refractivity contribution >= 4 is 35.1 Å². The average molecular weight is 357 g/mol. The van der Waals surface area contributed by atoms with Gasteiger partial charge in [-0.25, -0.2) is 0 Å². The van der Waals surface area contributed by atoms with Crippen LogP contribution in [0, 0.1) is 31.6 Å². The lowest BCUT2D eigenvalue weighted by Crippen LogP contribution is -1.85. The zero-order valence-electron chi connectivity index (χ0n) is 14.8. The van der Waals surface area contributed by atoms with Crippen LogP contribution in [0.5, 0.6) is 0 Å². The van der Waals surface area contributed by atoms with Gasteiger partial charge in [-0.1, -0.05) is 84.6 Å². The van der Waals surface area contributed by atoms with Crippen molar-refractivity contribution in [1.29, 1.82) is 0 Å². The van der Waals surface area contributed by atoms with Gasteiger partial charge in [-0.05, 0) is 47.9 Å². The Balaban J connectivity index is 1.55. The topological polar surface area (TPSA) is 17.1 Å². The average Bonchev–Trinajstić information content (AvgIpc) is 3.18. The fraction of sp³-hybridized carbons (Fsp3) is 0.0833. The van der Waals surface area contributed by atoms with Gasteiger partial charge in [0.2, 0.25) is 0 Å². The van der Waals surface area contributed by atoms with Crippen molar-refractivity contribution in [2.45, 2.75) is 12.7 Å². The number of allylic oxidation sites excluding steroid dienone is 1. The van der Waals surface area contributed by atoms with E-state index in [9.17, 15) is 4.79 Å². The third-order valence-corrected chi connectivity index (χ3v) is 4.87. The Bertz CT molecular complexity index is 763. The van der Waals surface area contributed by atoms with Gasteiger partial charge < -0.3 is 0 Å². The largest absolute Gasteiger partial charge is 0.288 e. The highest BCUT2D eigenvalue weighted by molar-refractivity contribution is 8.12. The second-order valence-corrected chi connectivity index (χ2v) is 7.23. The zero-order chi connectivity index (χ0) is 18.2. The molecule has 1 saturated carbocycles. The first-order chi connectivity index (χ1) is 12.7. The molecule has 0 aliphatic heterocycles. The molecular weight excluding hydrogens is 336 g/mol. The molecule has 0 N–H and O–H groups in total. The van der Waals surface area contributed by atoms with Gasteiger partial charge in [0, 0.05) is 18.6 Å². The lowest BCUT2D eigenvalue weighted by atomic mass is 10.0. The maximum absolute atomic E-state index is 11.0. The van der Waals surface area contributed by atoms with Crippen LogP contribution in [0.15, 0.2) is 54.6 Å². The second kappa shape index (κ2) is 9.59. The molecule has 0 aromatic heterocycles. The molecule has 0 spiro atoms. The van der Waals surface area contributed by atoms with Crippen LogP contribution in [0.25, 0.3) is 18.2 Å². The Labute approximate surface area is 161 Å². The van der Waals surface area contributed by atoms with Gasteiger partial charge in [-0.3, -0.25) is 4.79 Å². The number of carbonyl (C=O) groups excluding carboxylic acids is 1. The molecule has 0 atom stereocenters. The quantitative estimate of drug-likeness (QED) is 0.585. The van der Waals surface area contributed by atoms with Crippen LogP contribution in [0.1, 0.15) is 29.2 Å². The third kappa shape index (κ3) is 6.03. The summed E-state index contributed by atoms with van der Waals surface area (Å²) < 4.78 is 0. The summed E-state index contributed by atoms with van der Waals surface area (Å²) >= 11 is 1.34. The number of hydrogen-bond acceptors (Lipinski definition) is 2. The highest BCUT2D eigenvalue weighted by Crippen LogP contribution is 2.25. The molecule has 1 fully saturated rings. The minimum absolute atomic E-state index is 0.155. The highest BCUT2D eigenvalue weighted by atomic mass is 32.2. The molecule has 0 unspecified atom stereocenters. The Morgan fingerprint density at radius 3 is 1.73 bits per heavy atom. The third-order valence-electron chi connectivity index (χ3n) is 3.98. The Hall–Kier alpha value is -2.06. The number of thioether (sulfide) groups is 1. The molecule has 5 radical (unpaired) electrons. The molecule has 26 heavy (non-hydrogen) atoms. The molecular formula is C24H21OS. The van der Waals surface area contributed by atoms with Crippen LogP contribution in [0.2, 0.25) is 0 Å². The summed E-state index contributed by atoms with van der Waals surface area (Å²) in [5.74, 6) is 1.96. The molecule has 0 bridgehead atoms. The number of carbonyl (C=O) groups is 1. The first kappa shape index (κ1) is 18.7. The molecule has 2 aromatic carbocycles. The van der Waals surface area contributed by atoms with E-state index < -0.39 is 0 Å². The van der Waals surface area contributed by atoms with Crippen molar-refractivity contribution in [3.8, 4) is 0 Å². The summed E-state index contributed by atoms with van der Waals surface area (Å²) in [5, 5.41) is 0.155. The van der Waals surface area contributed by atoms with Crippen LogP contribution < -0.4 is 0 Å². The van der Waals surface area contributed by atoms with Gasteiger partial charge in [0.25, 0.3) is 0 Å². The van der Waals surface area contributed by atoms with E-state index in [1.165, 1.54) is 34.4 Å². The fourth-order valence-electron chi connectivity index (χ4n) is 2.51. The molecule has 0 heterocycles. The maximum atomic E-state index is 11.0. The Morgan fingerprint density at radius 1 is 0.769 bits per heavy atom. The van der Waals surface area contributed by atoms with Gasteiger partial charge in [-0.15, -0.1) is 0 Å². The Morgan fingerprint density at radius 2 is 1.23 bits per heavy atom. The van der Waals surface area contributed by atoms with Crippen molar-refractivity contribution in [2.24, 2.45) is 0 Å². The fourth-order valence-corrected chi connectivity index (χ4v) is 3.08. The van der Waals surface area contributed by atoms with E-state index in [4.69, 9.17) is 0 Å². The number of hydrogen-bond donors (Lipinski definition) is 0. The van der Waals surface area contributed by atoms with E-state index in [1.54, 1.807) is 6.92 Å². The number of benzene rings is 2. The normalized spacial score (nSPS) is 15.3. The van der Waals surface area contributed by atoms with Crippen molar-refractivity contribution in [3.63, 3.8) is 0 Å². The van der Waals surface area contributed by atoms with Crippen LogP contribution in [0.3, 0.4) is 0 Å². The summed E-state index contributed by atoms with van der Waals surface area (Å²) in [6.45, 7) is 1.60. The van der Waals surface area contributed by atoms with Crippen LogP contribution in [-0.4, -0.2) is 5.12 Å². The Kier molecular flexibility index (Phi) is 6.90. The van der Waals surface area contributed by atoms with Crippen LogP contribution in [-0.2, 0) is 10.5 Å². The summed E-state index contributed by atoms with van der Waals surface area (Å²) in [4.78, 5) is 11.0. The number of rotatable bonds is 6. The zero-order valence-corrected chi connectivity index (χ0v) is 15.6. The van der Waals surface area contributed by atoms with E-state index in [-0.39, 0.29) is 5.12 Å². The predicted molar refractivity (Wildman–Crippen MR) is 113 cm³/mol. The first-order valence-electron chi connectivity index (χ1n) is 8.59. The minimum atomic E-state index is 0.155. The van der Waals surface area contributed by atoms with E-state index in [2.05, 4.69) is 85.7 Å². The SMILES string of the molecule is CC(=O)SCc1ccc(/C=C/c2ccc(/C=C/[C]3[CH][CH][CH][CH]3)cc2)cc1.